The summed E-state index contributed by atoms with van der Waals surface area (Å²) in [6.45, 7) is 0. The minimum Gasteiger partial charge on any atom is -0.480 e. The summed E-state index contributed by atoms with van der Waals surface area (Å²) in [7, 11) is 0. The lowest BCUT2D eigenvalue weighted by molar-refractivity contribution is -0.138. The predicted octanol–water partition coefficient (Wildman–Crippen LogP) is 1.61. The highest BCUT2D eigenvalue weighted by Crippen LogP contribution is 2.32. The average Bonchev–Trinajstić information content (AvgIpc) is 2.66. The van der Waals surface area contributed by atoms with Gasteiger partial charge in [-0.3, -0.25) is 10.1 Å². The lowest BCUT2D eigenvalue weighted by Gasteiger charge is -2.10. The Kier molecular flexibility index (Phi) is 2.93. The minimum absolute atomic E-state index is 0.123. The molecule has 0 bridgehead atoms. The molecule has 0 aromatic heterocycles. The van der Waals surface area contributed by atoms with E-state index in [-0.39, 0.29) is 11.2 Å². The minimum atomic E-state index is -0.860. The number of aliphatic carboxylic acids is 1. The number of hydrogen-bond donors (Lipinski definition) is 2. The molecule has 2 unspecified atom stereocenters. The molecule has 5 heteroatoms. The number of nitrogens with one attached hydrogen (secondary N) is 1. The van der Waals surface area contributed by atoms with Crippen molar-refractivity contribution in [3.8, 4) is 0 Å². The van der Waals surface area contributed by atoms with E-state index in [1.807, 2.05) is 0 Å². The molecule has 0 radical (unpaired) electrons. The van der Waals surface area contributed by atoms with Crippen molar-refractivity contribution in [3.63, 3.8) is 0 Å². The molecule has 1 saturated heterocycles. The van der Waals surface area contributed by atoms with Crippen molar-refractivity contribution in [2.24, 2.45) is 0 Å². The Hall–Kier alpha value is -1.07. The first-order valence-electron chi connectivity index (χ1n) is 4.53. The molecule has 0 aliphatic carbocycles. The molecule has 1 aromatic rings. The topological polar surface area (TPSA) is 49.3 Å². The van der Waals surface area contributed by atoms with E-state index in [9.17, 15) is 9.18 Å². The first-order chi connectivity index (χ1) is 7.16. The third-order valence-corrected chi connectivity index (χ3v) is 3.50. The first kappa shape index (κ1) is 10.4. The monoisotopic (exact) mass is 227 g/mol. The largest absolute Gasteiger partial charge is 0.480 e. The van der Waals surface area contributed by atoms with Gasteiger partial charge >= 0.3 is 5.97 Å². The summed E-state index contributed by atoms with van der Waals surface area (Å²) < 4.78 is 12.9. The normalized spacial score (nSPS) is 25.4. The van der Waals surface area contributed by atoms with Crippen LogP contribution in [0.5, 0.6) is 0 Å². The maximum Gasteiger partial charge on any atom is 0.321 e. The zero-order chi connectivity index (χ0) is 10.8. The van der Waals surface area contributed by atoms with Gasteiger partial charge in [0.25, 0.3) is 0 Å². The fraction of sp³-hybridized carbons (Fsp3) is 0.300. The highest BCUT2D eigenvalue weighted by Gasteiger charge is 2.30. The van der Waals surface area contributed by atoms with Gasteiger partial charge in [0.15, 0.2) is 0 Å². The zero-order valence-electron chi connectivity index (χ0n) is 7.81. The van der Waals surface area contributed by atoms with Gasteiger partial charge in [-0.15, -0.1) is 11.8 Å². The number of carboxylic acids is 1. The van der Waals surface area contributed by atoms with Gasteiger partial charge in [0.05, 0.1) is 5.37 Å². The molecule has 15 heavy (non-hydrogen) atoms. The quantitative estimate of drug-likeness (QED) is 0.806. The molecule has 0 spiro atoms. The summed E-state index contributed by atoms with van der Waals surface area (Å²) in [5.74, 6) is -0.647. The second-order valence-corrected chi connectivity index (χ2v) is 4.46. The van der Waals surface area contributed by atoms with E-state index in [1.165, 1.54) is 23.9 Å². The van der Waals surface area contributed by atoms with Crippen LogP contribution >= 0.6 is 11.8 Å². The van der Waals surface area contributed by atoms with Crippen molar-refractivity contribution in [2.45, 2.75) is 11.4 Å². The molecule has 0 saturated carbocycles. The zero-order valence-corrected chi connectivity index (χ0v) is 8.63. The molecular weight excluding hydrogens is 217 g/mol. The standard InChI is InChI=1S/C10H10FNO2S/c11-7-3-1-2-6(4-7)9-12-8(5-15-9)10(13)14/h1-4,8-9,12H,5H2,(H,13,14). The Morgan fingerprint density at radius 3 is 3.00 bits per heavy atom. The summed E-state index contributed by atoms with van der Waals surface area (Å²) >= 11 is 1.48. The van der Waals surface area contributed by atoms with Gasteiger partial charge in [-0.2, -0.15) is 0 Å². The van der Waals surface area contributed by atoms with Gasteiger partial charge in [0.1, 0.15) is 11.9 Å². The molecular formula is C10H10FNO2S. The van der Waals surface area contributed by atoms with Crippen LogP contribution in [0.4, 0.5) is 4.39 Å². The number of thioether (sulfide) groups is 1. The Morgan fingerprint density at radius 1 is 1.60 bits per heavy atom. The van der Waals surface area contributed by atoms with Crippen LogP contribution in [-0.4, -0.2) is 22.9 Å². The number of hydrogen-bond acceptors (Lipinski definition) is 3. The molecule has 80 valence electrons. The third-order valence-electron chi connectivity index (χ3n) is 2.23. The molecule has 1 aromatic carbocycles. The van der Waals surface area contributed by atoms with Gasteiger partial charge in [-0.05, 0) is 17.7 Å². The Labute approximate surface area is 90.7 Å². The second kappa shape index (κ2) is 4.20. The molecule has 2 rings (SSSR count). The second-order valence-electron chi connectivity index (χ2n) is 3.33. The molecule has 1 aliphatic heterocycles. The van der Waals surface area contributed by atoms with Crippen LogP contribution in [-0.2, 0) is 4.79 Å². The number of carbonyl (C=O) groups is 1. The van der Waals surface area contributed by atoms with Gasteiger partial charge in [0.2, 0.25) is 0 Å². The van der Waals surface area contributed by atoms with Crippen molar-refractivity contribution < 1.29 is 14.3 Å². The van der Waals surface area contributed by atoms with Crippen molar-refractivity contribution in [1.82, 2.24) is 5.32 Å². The summed E-state index contributed by atoms with van der Waals surface area (Å²) in [6.07, 6.45) is 0. The molecule has 1 fully saturated rings. The predicted molar refractivity (Wildman–Crippen MR) is 56.2 cm³/mol. The Morgan fingerprint density at radius 2 is 2.40 bits per heavy atom. The number of rotatable bonds is 2. The van der Waals surface area contributed by atoms with Gasteiger partial charge in [-0.1, -0.05) is 12.1 Å². The Balaban J connectivity index is 2.11. The van der Waals surface area contributed by atoms with Crippen LogP contribution in [0.2, 0.25) is 0 Å². The van der Waals surface area contributed by atoms with Gasteiger partial charge < -0.3 is 5.11 Å². The molecule has 1 heterocycles. The lowest BCUT2D eigenvalue weighted by atomic mass is 10.2. The summed E-state index contributed by atoms with van der Waals surface area (Å²) in [4.78, 5) is 10.7. The molecule has 0 amide bonds. The van der Waals surface area contributed by atoms with E-state index in [1.54, 1.807) is 12.1 Å². The van der Waals surface area contributed by atoms with Crippen LogP contribution in [0.3, 0.4) is 0 Å². The Bertz CT molecular complexity index is 385. The summed E-state index contributed by atoms with van der Waals surface area (Å²) in [5.41, 5.74) is 0.781. The smallest absolute Gasteiger partial charge is 0.321 e. The average molecular weight is 227 g/mol. The van der Waals surface area contributed by atoms with Crippen LogP contribution in [0.25, 0.3) is 0 Å². The van der Waals surface area contributed by atoms with Crippen LogP contribution in [0.15, 0.2) is 24.3 Å². The molecule has 2 atom stereocenters. The third kappa shape index (κ3) is 2.30. The van der Waals surface area contributed by atoms with Crippen LogP contribution in [0.1, 0.15) is 10.9 Å². The highest BCUT2D eigenvalue weighted by atomic mass is 32.2. The summed E-state index contributed by atoms with van der Waals surface area (Å²) in [6, 6.07) is 5.68. The maximum atomic E-state index is 12.9. The maximum absolute atomic E-state index is 12.9. The van der Waals surface area contributed by atoms with Crippen molar-refractivity contribution in [1.29, 1.82) is 0 Å². The van der Waals surface area contributed by atoms with Gasteiger partial charge in [0, 0.05) is 5.75 Å². The van der Waals surface area contributed by atoms with E-state index in [0.717, 1.165) is 5.56 Å². The first-order valence-corrected chi connectivity index (χ1v) is 5.57. The van der Waals surface area contributed by atoms with E-state index in [0.29, 0.717) is 5.75 Å². The highest BCUT2D eigenvalue weighted by molar-refractivity contribution is 7.99. The number of carboxylic acid groups (broad SMARTS) is 1. The molecule has 1 aliphatic rings. The molecule has 2 N–H and O–H groups in total. The fourth-order valence-electron chi connectivity index (χ4n) is 1.48. The van der Waals surface area contributed by atoms with Crippen LogP contribution < -0.4 is 5.32 Å². The number of halogens is 1. The van der Waals surface area contributed by atoms with Gasteiger partial charge in [-0.25, -0.2) is 4.39 Å². The van der Waals surface area contributed by atoms with E-state index < -0.39 is 12.0 Å². The summed E-state index contributed by atoms with van der Waals surface area (Å²) in [5, 5.41) is 11.6. The number of benzene rings is 1. The van der Waals surface area contributed by atoms with E-state index in [2.05, 4.69) is 5.32 Å². The molecule has 3 nitrogen and oxygen atoms in total. The van der Waals surface area contributed by atoms with Crippen molar-refractivity contribution >= 4 is 17.7 Å². The van der Waals surface area contributed by atoms with Crippen LogP contribution in [0, 0.1) is 5.82 Å². The SMILES string of the molecule is O=C(O)C1CSC(c2cccc(F)c2)N1. The van der Waals surface area contributed by atoms with E-state index >= 15 is 0 Å². The van der Waals surface area contributed by atoms with Crippen molar-refractivity contribution in [2.75, 3.05) is 5.75 Å². The van der Waals surface area contributed by atoms with Crippen molar-refractivity contribution in [3.05, 3.63) is 35.6 Å². The lowest BCUT2D eigenvalue weighted by Crippen LogP contribution is -2.33. The van der Waals surface area contributed by atoms with E-state index in [4.69, 9.17) is 5.11 Å². The fourth-order valence-corrected chi connectivity index (χ4v) is 2.70.